The number of hydrogen-bond acceptors (Lipinski definition) is 6. The molecule has 0 aliphatic carbocycles. The molecule has 0 unspecified atom stereocenters. The Morgan fingerprint density at radius 3 is 2.56 bits per heavy atom. The van der Waals surface area contributed by atoms with Gasteiger partial charge in [-0.1, -0.05) is 11.6 Å². The lowest BCUT2D eigenvalue weighted by Gasteiger charge is -2.29. The highest BCUT2D eigenvalue weighted by molar-refractivity contribution is 6.30. The smallest absolute Gasteiger partial charge is 0.225 e. The van der Waals surface area contributed by atoms with Gasteiger partial charge >= 0.3 is 0 Å². The van der Waals surface area contributed by atoms with Crippen LogP contribution >= 0.6 is 11.6 Å². The first-order chi connectivity index (χ1) is 16.4. The summed E-state index contributed by atoms with van der Waals surface area (Å²) in [4.78, 5) is 22.1. The Kier molecular flexibility index (Phi) is 8.29. The van der Waals surface area contributed by atoms with E-state index in [1.54, 1.807) is 12.3 Å². The summed E-state index contributed by atoms with van der Waals surface area (Å²) in [5, 5.41) is 15.1. The Hall–Kier alpha value is -2.35. The monoisotopic (exact) mass is 486 g/mol. The molecule has 0 radical (unpaired) electrons. The Morgan fingerprint density at radius 2 is 1.91 bits per heavy atom. The molecule has 34 heavy (non-hydrogen) atoms. The first-order valence-electron chi connectivity index (χ1n) is 12.2. The van der Waals surface area contributed by atoms with Gasteiger partial charge in [0.15, 0.2) is 0 Å². The van der Waals surface area contributed by atoms with Gasteiger partial charge in [0.25, 0.3) is 0 Å². The number of pyridine rings is 1. The van der Waals surface area contributed by atoms with Crippen LogP contribution in [0.2, 0.25) is 5.02 Å². The Bertz CT molecular complexity index is 932. The second-order valence-corrected chi connectivity index (χ2v) is 10.0. The molecular weight excluding hydrogens is 452 g/mol. The molecule has 1 aromatic heterocycles. The van der Waals surface area contributed by atoms with E-state index in [9.17, 15) is 9.90 Å². The summed E-state index contributed by atoms with van der Waals surface area (Å²) < 4.78 is 5.62. The first-order valence-corrected chi connectivity index (χ1v) is 12.6. The van der Waals surface area contributed by atoms with Crippen LogP contribution in [0.25, 0.3) is 0 Å². The number of amides is 1. The summed E-state index contributed by atoms with van der Waals surface area (Å²) in [6.07, 6.45) is 3.91. The standard InChI is InChI=1S/C26H35ClN4O3/c1-18(2)34-24-10-5-19(15-28-24)25(32)23(17-30-12-3-4-13-30)29-26(33)20-11-14-31(16-20)22-8-6-21(27)7-9-22/h5-10,15,18,20,23,25,32H,3-4,11-14,16-17H2,1-2H3,(H,29,33)/t20-,23-,25-/m1/s1. The molecule has 8 heteroatoms. The number of benzene rings is 1. The van der Waals surface area contributed by atoms with E-state index in [2.05, 4.69) is 20.1 Å². The molecule has 7 nitrogen and oxygen atoms in total. The molecule has 0 saturated carbocycles. The quantitative estimate of drug-likeness (QED) is 0.563. The molecular formula is C26H35ClN4O3. The van der Waals surface area contributed by atoms with Gasteiger partial charge < -0.3 is 25.0 Å². The van der Waals surface area contributed by atoms with Crippen LogP contribution in [-0.4, -0.2) is 65.8 Å². The predicted molar refractivity (Wildman–Crippen MR) is 134 cm³/mol. The van der Waals surface area contributed by atoms with Crippen molar-refractivity contribution in [2.24, 2.45) is 5.92 Å². The van der Waals surface area contributed by atoms with E-state index in [4.69, 9.17) is 16.3 Å². The van der Waals surface area contributed by atoms with E-state index in [1.807, 2.05) is 44.2 Å². The molecule has 0 spiro atoms. The number of aromatic nitrogens is 1. The molecule has 2 aromatic rings. The fraction of sp³-hybridized carbons (Fsp3) is 0.538. The molecule has 0 bridgehead atoms. The minimum atomic E-state index is -0.848. The average molecular weight is 487 g/mol. The van der Waals surface area contributed by atoms with Gasteiger partial charge in [0.05, 0.1) is 18.1 Å². The van der Waals surface area contributed by atoms with Crippen molar-refractivity contribution in [2.75, 3.05) is 37.6 Å². The number of rotatable bonds is 9. The van der Waals surface area contributed by atoms with Gasteiger partial charge in [-0.25, -0.2) is 4.98 Å². The van der Waals surface area contributed by atoms with Crippen molar-refractivity contribution in [1.82, 2.24) is 15.2 Å². The molecule has 184 valence electrons. The lowest BCUT2D eigenvalue weighted by atomic mass is 10.0. The summed E-state index contributed by atoms with van der Waals surface area (Å²) in [6.45, 7) is 7.97. The number of carbonyl (C=O) groups excluding carboxylic acids is 1. The average Bonchev–Trinajstić information content (AvgIpc) is 3.51. The zero-order valence-electron chi connectivity index (χ0n) is 20.0. The highest BCUT2D eigenvalue weighted by Gasteiger charge is 2.33. The number of aliphatic hydroxyl groups is 1. The van der Waals surface area contributed by atoms with E-state index < -0.39 is 12.1 Å². The van der Waals surface area contributed by atoms with Crippen LogP contribution in [0, 0.1) is 5.92 Å². The second-order valence-electron chi connectivity index (χ2n) is 9.57. The number of halogens is 1. The largest absolute Gasteiger partial charge is 0.475 e. The molecule has 2 N–H and O–H groups in total. The van der Waals surface area contributed by atoms with Crippen molar-refractivity contribution < 1.29 is 14.6 Å². The third-order valence-electron chi connectivity index (χ3n) is 6.57. The summed E-state index contributed by atoms with van der Waals surface area (Å²) in [6, 6.07) is 10.9. The molecule has 1 amide bonds. The fourth-order valence-electron chi connectivity index (χ4n) is 4.74. The predicted octanol–water partition coefficient (Wildman–Crippen LogP) is 3.66. The van der Waals surface area contributed by atoms with Crippen LogP contribution in [0.15, 0.2) is 42.6 Å². The number of ether oxygens (including phenoxy) is 1. The van der Waals surface area contributed by atoms with E-state index in [-0.39, 0.29) is 17.9 Å². The van der Waals surface area contributed by atoms with Crippen molar-refractivity contribution in [3.63, 3.8) is 0 Å². The van der Waals surface area contributed by atoms with Crippen molar-refractivity contribution in [2.45, 2.75) is 51.4 Å². The first kappa shape index (κ1) is 24.8. The Labute approximate surface area is 207 Å². The molecule has 3 atom stereocenters. The van der Waals surface area contributed by atoms with Crippen LogP contribution in [0.5, 0.6) is 5.88 Å². The highest BCUT2D eigenvalue weighted by atomic mass is 35.5. The summed E-state index contributed by atoms with van der Waals surface area (Å²) >= 11 is 6.01. The number of likely N-dealkylation sites (tertiary alicyclic amines) is 1. The molecule has 3 heterocycles. The maximum absolute atomic E-state index is 13.2. The van der Waals surface area contributed by atoms with Crippen LogP contribution < -0.4 is 15.0 Å². The number of nitrogens with zero attached hydrogens (tertiary/aromatic N) is 3. The lowest BCUT2D eigenvalue weighted by Crippen LogP contribution is -2.48. The van der Waals surface area contributed by atoms with Crippen molar-refractivity contribution >= 4 is 23.2 Å². The molecule has 4 rings (SSSR count). The van der Waals surface area contributed by atoms with Gasteiger partial charge in [0.1, 0.15) is 6.10 Å². The summed E-state index contributed by atoms with van der Waals surface area (Å²) in [5.41, 5.74) is 1.75. The molecule has 2 aliphatic heterocycles. The maximum Gasteiger partial charge on any atom is 0.225 e. The second kappa shape index (κ2) is 11.4. The molecule has 1 aromatic carbocycles. The van der Waals surface area contributed by atoms with Crippen molar-refractivity contribution in [3.8, 4) is 5.88 Å². The fourth-order valence-corrected chi connectivity index (χ4v) is 4.87. The molecule has 2 aliphatic rings. The topological polar surface area (TPSA) is 77.9 Å². The van der Waals surface area contributed by atoms with E-state index in [0.29, 0.717) is 29.6 Å². The zero-order valence-corrected chi connectivity index (χ0v) is 20.7. The van der Waals surface area contributed by atoms with E-state index >= 15 is 0 Å². The molecule has 2 fully saturated rings. The Balaban J connectivity index is 1.42. The maximum atomic E-state index is 13.2. The van der Waals surface area contributed by atoms with E-state index in [0.717, 1.165) is 44.6 Å². The van der Waals surface area contributed by atoms with Crippen LogP contribution in [0.1, 0.15) is 44.8 Å². The summed E-state index contributed by atoms with van der Waals surface area (Å²) in [5.74, 6) is 0.399. The third kappa shape index (κ3) is 6.40. The Morgan fingerprint density at radius 1 is 1.18 bits per heavy atom. The minimum Gasteiger partial charge on any atom is -0.475 e. The van der Waals surface area contributed by atoms with E-state index in [1.165, 1.54) is 0 Å². The van der Waals surface area contributed by atoms with Crippen molar-refractivity contribution in [1.29, 1.82) is 0 Å². The summed E-state index contributed by atoms with van der Waals surface area (Å²) in [7, 11) is 0. The van der Waals surface area contributed by atoms with Gasteiger partial charge in [-0.05, 0) is 76.5 Å². The normalized spacial score (nSPS) is 20.5. The zero-order chi connectivity index (χ0) is 24.1. The van der Waals surface area contributed by atoms with Crippen molar-refractivity contribution in [3.05, 3.63) is 53.2 Å². The van der Waals surface area contributed by atoms with Gasteiger partial charge in [0.2, 0.25) is 11.8 Å². The number of nitrogens with one attached hydrogen (secondary N) is 1. The van der Waals surface area contributed by atoms with Gasteiger partial charge in [-0.3, -0.25) is 4.79 Å². The number of aliphatic hydroxyl groups excluding tert-OH is 1. The van der Waals surface area contributed by atoms with Crippen LogP contribution in [0.4, 0.5) is 5.69 Å². The lowest BCUT2D eigenvalue weighted by molar-refractivity contribution is -0.126. The van der Waals surface area contributed by atoms with Gasteiger partial charge in [0, 0.05) is 48.2 Å². The van der Waals surface area contributed by atoms with Crippen LogP contribution in [-0.2, 0) is 4.79 Å². The third-order valence-corrected chi connectivity index (χ3v) is 6.82. The minimum absolute atomic E-state index is 0.00701. The van der Waals surface area contributed by atoms with Gasteiger partial charge in [-0.2, -0.15) is 0 Å². The SMILES string of the molecule is CC(C)Oc1ccc([C@@H](O)[C@@H](CN2CCCC2)NC(=O)[C@@H]2CCN(c3ccc(Cl)cc3)C2)cn1. The van der Waals surface area contributed by atoms with Gasteiger partial charge in [-0.15, -0.1) is 0 Å². The number of carbonyl (C=O) groups is 1. The molecule has 2 saturated heterocycles. The number of anilines is 1. The highest BCUT2D eigenvalue weighted by Crippen LogP contribution is 2.26. The number of hydrogen-bond donors (Lipinski definition) is 2. The van der Waals surface area contributed by atoms with Crippen LogP contribution in [0.3, 0.4) is 0 Å².